The van der Waals surface area contributed by atoms with Gasteiger partial charge in [-0.3, -0.25) is 14.5 Å². The second-order valence-electron chi connectivity index (χ2n) is 9.62. The first-order valence-electron chi connectivity index (χ1n) is 12.2. The molecule has 0 bridgehead atoms. The third-order valence-corrected chi connectivity index (χ3v) is 7.37. The van der Waals surface area contributed by atoms with Gasteiger partial charge in [0.25, 0.3) is 11.8 Å². The van der Waals surface area contributed by atoms with Gasteiger partial charge in [0, 0.05) is 6.42 Å². The molecule has 3 heterocycles. The molecule has 4 amide bonds. The van der Waals surface area contributed by atoms with Crippen molar-refractivity contribution in [3.63, 3.8) is 0 Å². The Morgan fingerprint density at radius 2 is 1.92 bits per heavy atom. The zero-order valence-electron chi connectivity index (χ0n) is 19.9. The highest BCUT2D eigenvalue weighted by molar-refractivity contribution is 6.10. The monoisotopic (exact) mass is 482 g/mol. The van der Waals surface area contributed by atoms with E-state index < -0.39 is 30.1 Å². The number of carbonyl (C=O) groups is 3. The van der Waals surface area contributed by atoms with Crippen LogP contribution in [0.2, 0.25) is 0 Å². The lowest BCUT2D eigenvalue weighted by Crippen LogP contribution is -2.47. The Morgan fingerprint density at radius 1 is 1.11 bits per heavy atom. The second kappa shape index (κ2) is 8.48. The smallest absolute Gasteiger partial charge is 0.325 e. The summed E-state index contributed by atoms with van der Waals surface area (Å²) < 4.78 is 5.62. The SMILES string of the molecule is Cc1ccc(C2=NN(C(=O)CN3C(=O)N[C@]4(CCCc5ccccc54)C3=O)[C@@H](c3ccco3)C2)cc1. The van der Waals surface area contributed by atoms with Gasteiger partial charge in [-0.2, -0.15) is 5.10 Å². The van der Waals surface area contributed by atoms with Crippen molar-refractivity contribution in [1.29, 1.82) is 0 Å². The van der Waals surface area contributed by atoms with Crippen molar-refractivity contribution in [3.05, 3.63) is 94.9 Å². The number of hydrazone groups is 1. The summed E-state index contributed by atoms with van der Waals surface area (Å²) in [6, 6.07) is 18.2. The first-order valence-corrected chi connectivity index (χ1v) is 12.2. The maximum Gasteiger partial charge on any atom is 0.325 e. The molecule has 1 fully saturated rings. The molecule has 1 N–H and O–H groups in total. The van der Waals surface area contributed by atoms with Gasteiger partial charge >= 0.3 is 6.03 Å². The molecular weight excluding hydrogens is 456 g/mol. The van der Waals surface area contributed by atoms with Gasteiger partial charge in [0.05, 0.1) is 12.0 Å². The number of hydrogen-bond acceptors (Lipinski definition) is 5. The van der Waals surface area contributed by atoms with E-state index in [2.05, 4.69) is 10.4 Å². The largest absolute Gasteiger partial charge is 0.467 e. The molecule has 2 atom stereocenters. The lowest BCUT2D eigenvalue weighted by molar-refractivity contribution is -0.140. The fraction of sp³-hybridized carbons (Fsp3) is 0.286. The van der Waals surface area contributed by atoms with Crippen LogP contribution in [-0.2, 0) is 21.5 Å². The van der Waals surface area contributed by atoms with E-state index in [9.17, 15) is 14.4 Å². The van der Waals surface area contributed by atoms with Crippen molar-refractivity contribution in [3.8, 4) is 0 Å². The number of amides is 4. The first-order chi connectivity index (χ1) is 17.5. The van der Waals surface area contributed by atoms with Crippen LogP contribution < -0.4 is 5.32 Å². The number of urea groups is 1. The molecule has 1 aromatic heterocycles. The molecule has 8 heteroatoms. The minimum absolute atomic E-state index is 0.385. The second-order valence-corrected chi connectivity index (χ2v) is 9.62. The molecule has 1 saturated heterocycles. The van der Waals surface area contributed by atoms with E-state index in [-0.39, 0.29) is 5.91 Å². The molecule has 2 aliphatic heterocycles. The van der Waals surface area contributed by atoms with Crippen molar-refractivity contribution in [2.24, 2.45) is 5.10 Å². The summed E-state index contributed by atoms with van der Waals surface area (Å²) in [5.41, 5.74) is 3.55. The van der Waals surface area contributed by atoms with Gasteiger partial charge in [-0.05, 0) is 55.0 Å². The number of aryl methyl sites for hydroxylation is 2. The third-order valence-electron chi connectivity index (χ3n) is 7.37. The van der Waals surface area contributed by atoms with Gasteiger partial charge in [-0.15, -0.1) is 0 Å². The van der Waals surface area contributed by atoms with Gasteiger partial charge in [-0.25, -0.2) is 9.80 Å². The number of rotatable bonds is 4. The van der Waals surface area contributed by atoms with E-state index in [0.717, 1.165) is 45.7 Å². The summed E-state index contributed by atoms with van der Waals surface area (Å²) in [6.45, 7) is 1.62. The normalized spacial score (nSPS) is 23.1. The predicted octanol–water partition coefficient (Wildman–Crippen LogP) is 4.05. The summed E-state index contributed by atoms with van der Waals surface area (Å²) in [6.07, 6.45) is 4.17. The van der Waals surface area contributed by atoms with E-state index in [0.29, 0.717) is 18.6 Å². The predicted molar refractivity (Wildman–Crippen MR) is 132 cm³/mol. The minimum atomic E-state index is -1.12. The van der Waals surface area contributed by atoms with E-state index in [4.69, 9.17) is 4.42 Å². The van der Waals surface area contributed by atoms with Crippen LogP contribution in [0, 0.1) is 6.92 Å². The van der Waals surface area contributed by atoms with Gasteiger partial charge in [0.2, 0.25) is 0 Å². The number of benzene rings is 2. The maximum atomic E-state index is 13.7. The summed E-state index contributed by atoms with van der Waals surface area (Å²) in [7, 11) is 0. The number of imide groups is 1. The molecule has 36 heavy (non-hydrogen) atoms. The van der Waals surface area contributed by atoms with Crippen LogP contribution in [0.15, 0.2) is 76.4 Å². The fourth-order valence-electron chi connectivity index (χ4n) is 5.53. The van der Waals surface area contributed by atoms with Crippen LogP contribution in [0.5, 0.6) is 0 Å². The van der Waals surface area contributed by atoms with Crippen LogP contribution in [0.25, 0.3) is 0 Å². The molecule has 0 unspecified atom stereocenters. The fourth-order valence-corrected chi connectivity index (χ4v) is 5.53. The molecule has 3 aliphatic rings. The van der Waals surface area contributed by atoms with E-state index in [1.54, 1.807) is 18.4 Å². The molecule has 8 nitrogen and oxygen atoms in total. The molecule has 3 aromatic rings. The van der Waals surface area contributed by atoms with Crippen LogP contribution in [-0.4, -0.2) is 40.0 Å². The van der Waals surface area contributed by atoms with Crippen molar-refractivity contribution in [2.45, 2.75) is 44.2 Å². The van der Waals surface area contributed by atoms with Crippen molar-refractivity contribution < 1.29 is 18.8 Å². The molecule has 0 radical (unpaired) electrons. The zero-order valence-corrected chi connectivity index (χ0v) is 19.9. The molecule has 1 spiro atoms. The Bertz CT molecular complexity index is 1380. The topological polar surface area (TPSA) is 95.2 Å². The Balaban J connectivity index is 1.29. The summed E-state index contributed by atoms with van der Waals surface area (Å²) >= 11 is 0. The summed E-state index contributed by atoms with van der Waals surface area (Å²) in [5, 5.41) is 8.90. The van der Waals surface area contributed by atoms with Gasteiger partial charge in [-0.1, -0.05) is 54.1 Å². The lowest BCUT2D eigenvalue weighted by Gasteiger charge is -2.33. The zero-order chi connectivity index (χ0) is 24.9. The number of carbonyl (C=O) groups excluding carboxylic acids is 3. The van der Waals surface area contributed by atoms with Crippen LogP contribution >= 0.6 is 0 Å². The Morgan fingerprint density at radius 3 is 2.69 bits per heavy atom. The third kappa shape index (κ3) is 3.52. The quantitative estimate of drug-likeness (QED) is 0.568. The highest BCUT2D eigenvalue weighted by atomic mass is 16.3. The minimum Gasteiger partial charge on any atom is -0.467 e. The number of fused-ring (bicyclic) bond motifs is 2. The molecular formula is C28H26N4O4. The van der Waals surface area contributed by atoms with Gasteiger partial charge in [0.1, 0.15) is 23.9 Å². The van der Waals surface area contributed by atoms with E-state index >= 15 is 0 Å². The lowest BCUT2D eigenvalue weighted by atomic mass is 9.76. The molecule has 0 saturated carbocycles. The number of nitrogens with one attached hydrogen (secondary N) is 1. The number of furan rings is 1. The highest BCUT2D eigenvalue weighted by Crippen LogP contribution is 2.40. The number of hydrogen-bond donors (Lipinski definition) is 1. The van der Waals surface area contributed by atoms with E-state index in [1.165, 1.54) is 5.01 Å². The van der Waals surface area contributed by atoms with Gasteiger partial charge in [0.15, 0.2) is 0 Å². The van der Waals surface area contributed by atoms with Crippen LogP contribution in [0.4, 0.5) is 4.79 Å². The maximum absolute atomic E-state index is 13.7. The van der Waals surface area contributed by atoms with Crippen molar-refractivity contribution in [2.75, 3.05) is 6.54 Å². The molecule has 1 aliphatic carbocycles. The van der Waals surface area contributed by atoms with Crippen molar-refractivity contribution in [1.82, 2.24) is 15.2 Å². The van der Waals surface area contributed by atoms with Gasteiger partial charge < -0.3 is 9.73 Å². The van der Waals surface area contributed by atoms with Crippen LogP contribution in [0.3, 0.4) is 0 Å². The Kier molecular flexibility index (Phi) is 5.25. The van der Waals surface area contributed by atoms with E-state index in [1.807, 2.05) is 55.5 Å². The Hall–Kier alpha value is -4.20. The number of nitrogens with zero attached hydrogens (tertiary/aromatic N) is 3. The van der Waals surface area contributed by atoms with Crippen LogP contribution in [0.1, 0.15) is 53.3 Å². The summed E-state index contributed by atoms with van der Waals surface area (Å²) in [5.74, 6) is -0.225. The molecule has 6 rings (SSSR count). The molecule has 2 aromatic carbocycles. The Labute approximate surface area is 208 Å². The summed E-state index contributed by atoms with van der Waals surface area (Å²) in [4.78, 5) is 41.2. The highest BCUT2D eigenvalue weighted by Gasteiger charge is 2.54. The average Bonchev–Trinajstić information content (AvgIpc) is 3.61. The van der Waals surface area contributed by atoms with Crippen molar-refractivity contribution >= 4 is 23.6 Å². The first kappa shape index (κ1) is 22.3. The average molecular weight is 483 g/mol. The standard InChI is InChI=1S/C28H26N4O4/c1-18-10-12-20(13-11-18)22-16-23(24-9-5-15-36-24)32(30-22)25(33)17-31-26(34)28(29-27(31)35)14-4-7-19-6-2-3-8-21(19)28/h2-3,5-6,8-13,15,23H,4,7,14,16-17H2,1H3,(H,29,35)/t23-,28+/m1/s1. The molecule has 182 valence electrons.